The lowest BCUT2D eigenvalue weighted by Crippen LogP contribution is -2.51. The molecule has 3 heterocycles. The average Bonchev–Trinajstić information content (AvgIpc) is 2.97. The maximum atomic E-state index is 14.8. The van der Waals surface area contributed by atoms with Crippen LogP contribution in [0.2, 0.25) is 10.0 Å². The number of para-hydroxylation sites is 1. The van der Waals surface area contributed by atoms with E-state index in [-0.39, 0.29) is 28.7 Å². The molecule has 2 aromatic carbocycles. The van der Waals surface area contributed by atoms with Crippen molar-refractivity contribution in [2.24, 2.45) is 4.99 Å². The van der Waals surface area contributed by atoms with E-state index in [9.17, 15) is 18.4 Å². The van der Waals surface area contributed by atoms with Crippen molar-refractivity contribution in [1.82, 2.24) is 20.1 Å². The number of piperazine rings is 1. The van der Waals surface area contributed by atoms with Gasteiger partial charge in [0, 0.05) is 60.1 Å². The Balaban J connectivity index is 1.43. The number of ether oxygens (including phenoxy) is 2. The van der Waals surface area contributed by atoms with Gasteiger partial charge in [0.05, 0.1) is 18.9 Å². The molecule has 2 aliphatic rings. The summed E-state index contributed by atoms with van der Waals surface area (Å²) < 4.78 is 39.0. The molecular weight excluding hydrogens is 591 g/mol. The number of benzene rings is 2. The quantitative estimate of drug-likeness (QED) is 0.390. The predicted molar refractivity (Wildman–Crippen MR) is 153 cm³/mol. The molecule has 1 saturated heterocycles. The van der Waals surface area contributed by atoms with Gasteiger partial charge in [0.25, 0.3) is 0 Å². The molecule has 0 aliphatic carbocycles. The van der Waals surface area contributed by atoms with E-state index in [0.717, 1.165) is 6.20 Å². The van der Waals surface area contributed by atoms with Gasteiger partial charge >= 0.3 is 12.1 Å². The fraction of sp³-hybridized carbons (Fsp3) is 0.241. The largest absolute Gasteiger partial charge is 0.466 e. The van der Waals surface area contributed by atoms with Gasteiger partial charge in [0.2, 0.25) is 0 Å². The summed E-state index contributed by atoms with van der Waals surface area (Å²) in [6.07, 6.45) is 0.413. The maximum Gasteiger partial charge on any atom is 0.415 e. The highest BCUT2D eigenvalue weighted by atomic mass is 35.5. The van der Waals surface area contributed by atoms with Crippen molar-refractivity contribution in [3.63, 3.8) is 0 Å². The number of methoxy groups -OCH3 is 1. The first kappa shape index (κ1) is 29.4. The number of nitrogens with zero attached hydrogens (tertiary/aromatic N) is 4. The lowest BCUT2D eigenvalue weighted by molar-refractivity contribution is -0.136. The Hall–Kier alpha value is -4.06. The van der Waals surface area contributed by atoms with E-state index in [1.807, 2.05) is 11.0 Å². The van der Waals surface area contributed by atoms with Crippen molar-refractivity contribution >= 4 is 41.1 Å². The Bertz CT molecular complexity index is 1560. The van der Waals surface area contributed by atoms with Crippen molar-refractivity contribution in [2.75, 3.05) is 39.8 Å². The Kier molecular flexibility index (Phi) is 9.00. The molecule has 0 saturated carbocycles. The van der Waals surface area contributed by atoms with Gasteiger partial charge in [-0.25, -0.2) is 23.4 Å². The van der Waals surface area contributed by atoms with E-state index in [0.29, 0.717) is 54.3 Å². The van der Waals surface area contributed by atoms with E-state index < -0.39 is 29.7 Å². The summed E-state index contributed by atoms with van der Waals surface area (Å²) in [6, 6.07) is 13.2. The Morgan fingerprint density at radius 1 is 1.05 bits per heavy atom. The highest BCUT2D eigenvalue weighted by molar-refractivity contribution is 6.35. The number of hydrogen-bond donors (Lipinski definition) is 1. The van der Waals surface area contributed by atoms with Crippen molar-refractivity contribution in [1.29, 1.82) is 0 Å². The zero-order valence-corrected chi connectivity index (χ0v) is 23.8. The number of pyridine rings is 1. The van der Waals surface area contributed by atoms with Crippen molar-refractivity contribution < 1.29 is 27.8 Å². The molecule has 1 aromatic heterocycles. The van der Waals surface area contributed by atoms with Crippen LogP contribution in [0.1, 0.15) is 17.3 Å². The SMILES string of the molecule is COC(=O)C1=C(CN2CCN(C(=O)Oc3ccccc3)CC2)NC(c2ncc(F)cc2F)=NC1c1ccc(Cl)cc1Cl. The van der Waals surface area contributed by atoms with Gasteiger partial charge in [0.15, 0.2) is 11.7 Å². The second-order valence-electron chi connectivity index (χ2n) is 9.48. The molecule has 3 aromatic rings. The monoisotopic (exact) mass is 615 g/mol. The van der Waals surface area contributed by atoms with Crippen molar-refractivity contribution in [3.8, 4) is 5.75 Å². The van der Waals surface area contributed by atoms with Crippen LogP contribution < -0.4 is 10.1 Å². The third-order valence-corrected chi connectivity index (χ3v) is 7.34. The summed E-state index contributed by atoms with van der Waals surface area (Å²) >= 11 is 12.6. The molecule has 9 nitrogen and oxygen atoms in total. The van der Waals surface area contributed by atoms with Crippen LogP contribution in [0.25, 0.3) is 0 Å². The molecule has 13 heteroatoms. The van der Waals surface area contributed by atoms with Gasteiger partial charge in [-0.05, 0) is 24.3 Å². The van der Waals surface area contributed by atoms with Crippen LogP contribution in [0.15, 0.2) is 77.1 Å². The van der Waals surface area contributed by atoms with Crippen LogP contribution in [-0.4, -0.2) is 72.5 Å². The van der Waals surface area contributed by atoms with E-state index in [1.165, 1.54) is 13.2 Å². The van der Waals surface area contributed by atoms with Crippen LogP contribution in [0.5, 0.6) is 5.75 Å². The smallest absolute Gasteiger partial charge is 0.415 e. The third kappa shape index (κ3) is 6.53. The number of amidine groups is 1. The molecule has 0 radical (unpaired) electrons. The normalized spacial score (nSPS) is 17.4. The van der Waals surface area contributed by atoms with Gasteiger partial charge in [-0.1, -0.05) is 47.5 Å². The minimum Gasteiger partial charge on any atom is -0.466 e. The van der Waals surface area contributed by atoms with Gasteiger partial charge in [0.1, 0.15) is 23.3 Å². The lowest BCUT2D eigenvalue weighted by Gasteiger charge is -2.36. The molecule has 0 bridgehead atoms. The summed E-state index contributed by atoms with van der Waals surface area (Å²) in [4.78, 5) is 37.9. The molecule has 218 valence electrons. The molecule has 1 unspecified atom stereocenters. The summed E-state index contributed by atoms with van der Waals surface area (Å²) in [5.74, 6) is -2.03. The average molecular weight is 616 g/mol. The van der Waals surface area contributed by atoms with Gasteiger partial charge in [-0.3, -0.25) is 9.89 Å². The maximum absolute atomic E-state index is 14.8. The fourth-order valence-corrected chi connectivity index (χ4v) is 5.21. The van der Waals surface area contributed by atoms with Crippen molar-refractivity contribution in [3.05, 3.63) is 105 Å². The molecule has 42 heavy (non-hydrogen) atoms. The Morgan fingerprint density at radius 3 is 2.45 bits per heavy atom. The molecule has 1 N–H and O–H groups in total. The van der Waals surface area contributed by atoms with E-state index in [1.54, 1.807) is 41.3 Å². The first-order chi connectivity index (χ1) is 20.2. The summed E-state index contributed by atoms with van der Waals surface area (Å²) in [7, 11) is 1.24. The Morgan fingerprint density at radius 2 is 1.79 bits per heavy atom. The molecule has 0 spiro atoms. The van der Waals surface area contributed by atoms with Crippen LogP contribution in [0.3, 0.4) is 0 Å². The van der Waals surface area contributed by atoms with Crippen LogP contribution in [0.4, 0.5) is 13.6 Å². The van der Waals surface area contributed by atoms with Crippen LogP contribution >= 0.6 is 23.2 Å². The first-order valence-electron chi connectivity index (χ1n) is 12.9. The minimum absolute atomic E-state index is 0.0174. The van der Waals surface area contributed by atoms with Crippen molar-refractivity contribution in [2.45, 2.75) is 6.04 Å². The molecule has 1 atom stereocenters. The fourth-order valence-electron chi connectivity index (χ4n) is 4.69. The molecular formula is C29H25Cl2F2N5O4. The predicted octanol–water partition coefficient (Wildman–Crippen LogP) is 5.00. The number of aromatic nitrogens is 1. The molecule has 5 rings (SSSR count). The first-order valence-corrected chi connectivity index (χ1v) is 13.7. The van der Waals surface area contributed by atoms with Gasteiger partial charge < -0.3 is 19.7 Å². The van der Waals surface area contributed by atoms with Gasteiger partial charge in [-0.15, -0.1) is 0 Å². The zero-order valence-electron chi connectivity index (χ0n) is 22.3. The number of aliphatic imine (C=N–C) groups is 1. The number of hydrogen-bond acceptors (Lipinski definition) is 8. The number of amides is 1. The number of carbonyl (C=O) groups is 2. The number of rotatable bonds is 6. The number of halogens is 4. The second-order valence-corrected chi connectivity index (χ2v) is 10.3. The highest BCUT2D eigenvalue weighted by Crippen LogP contribution is 2.37. The van der Waals surface area contributed by atoms with E-state index >= 15 is 0 Å². The van der Waals surface area contributed by atoms with Gasteiger partial charge in [-0.2, -0.15) is 0 Å². The second kappa shape index (κ2) is 12.8. The molecule has 2 aliphatic heterocycles. The molecule has 1 fully saturated rings. The standard InChI is InChI=1S/C29H25Cl2F2N5O4/c1-41-28(39)24-23(16-37-9-11-38(12-10-37)29(40)42-19-5-3-2-4-6-19)35-27(26-22(33)14-18(32)15-34-26)36-25(24)20-8-7-17(30)13-21(20)31/h2-8,13-15,25H,9-12,16H2,1H3,(H,35,36). The minimum atomic E-state index is -1.01. The number of esters is 1. The Labute approximate surface area is 250 Å². The van der Waals surface area contributed by atoms with Crippen LogP contribution in [0, 0.1) is 11.6 Å². The number of carbonyl (C=O) groups excluding carboxylic acids is 2. The summed E-state index contributed by atoms with van der Waals surface area (Å²) in [6.45, 7) is 1.83. The highest BCUT2D eigenvalue weighted by Gasteiger charge is 2.35. The zero-order chi connectivity index (χ0) is 29.8. The van der Waals surface area contributed by atoms with E-state index in [4.69, 9.17) is 32.7 Å². The van der Waals surface area contributed by atoms with Crippen LogP contribution in [-0.2, 0) is 9.53 Å². The summed E-state index contributed by atoms with van der Waals surface area (Å²) in [5, 5.41) is 3.64. The topological polar surface area (TPSA) is 96.4 Å². The number of nitrogens with one attached hydrogen (secondary N) is 1. The third-order valence-electron chi connectivity index (χ3n) is 6.78. The van der Waals surface area contributed by atoms with E-state index in [2.05, 4.69) is 15.3 Å². The summed E-state index contributed by atoms with van der Waals surface area (Å²) in [5.41, 5.74) is 0.711. The molecule has 1 amide bonds. The lowest BCUT2D eigenvalue weighted by atomic mass is 9.95.